The number of aromatic nitrogens is 2. The van der Waals surface area contributed by atoms with E-state index >= 15 is 0 Å². The van der Waals surface area contributed by atoms with Gasteiger partial charge in [-0.25, -0.2) is 22.6 Å². The standard InChI is InChI=1S/C18H20FN3O5S/c1-11-9-17(21-12(2)20-11)27-13-5-7-22(8-6-13)28(25,26)14-3-4-16(19)15(10-14)18(23)24/h3-4,9-10,13H,5-8H2,1-2H3,(H,23,24). The highest BCUT2D eigenvalue weighted by Crippen LogP contribution is 2.24. The van der Waals surface area contributed by atoms with E-state index in [1.807, 2.05) is 6.92 Å². The van der Waals surface area contributed by atoms with Crippen molar-refractivity contribution in [1.82, 2.24) is 14.3 Å². The number of ether oxygens (including phenoxy) is 1. The quantitative estimate of drug-likeness (QED) is 0.806. The zero-order chi connectivity index (χ0) is 20.5. The van der Waals surface area contributed by atoms with Crippen LogP contribution in [-0.4, -0.2) is 53.0 Å². The Kier molecular flexibility index (Phi) is 5.61. The lowest BCUT2D eigenvalue weighted by Gasteiger charge is -2.31. The second-order valence-electron chi connectivity index (χ2n) is 6.56. The van der Waals surface area contributed by atoms with Gasteiger partial charge in [0.1, 0.15) is 17.7 Å². The van der Waals surface area contributed by atoms with Crippen molar-refractivity contribution in [2.24, 2.45) is 0 Å². The van der Waals surface area contributed by atoms with Gasteiger partial charge in [-0.1, -0.05) is 0 Å². The zero-order valence-corrected chi connectivity index (χ0v) is 16.2. The number of aromatic carboxylic acids is 1. The molecule has 1 N–H and O–H groups in total. The number of hydrogen-bond donors (Lipinski definition) is 1. The minimum Gasteiger partial charge on any atom is -0.478 e. The average molecular weight is 409 g/mol. The summed E-state index contributed by atoms with van der Waals surface area (Å²) in [4.78, 5) is 19.2. The molecule has 1 aliphatic rings. The van der Waals surface area contributed by atoms with Gasteiger partial charge in [0.15, 0.2) is 0 Å². The summed E-state index contributed by atoms with van der Waals surface area (Å²) in [5, 5.41) is 9.00. The number of halogens is 1. The molecule has 1 aliphatic heterocycles. The van der Waals surface area contributed by atoms with Crippen molar-refractivity contribution >= 4 is 16.0 Å². The maximum absolute atomic E-state index is 13.5. The Morgan fingerprint density at radius 3 is 2.50 bits per heavy atom. The Morgan fingerprint density at radius 1 is 1.21 bits per heavy atom. The van der Waals surface area contributed by atoms with E-state index in [0.717, 1.165) is 23.9 Å². The predicted octanol–water partition coefficient (Wildman–Crippen LogP) is 2.16. The van der Waals surface area contributed by atoms with E-state index in [9.17, 15) is 17.6 Å². The molecule has 1 aromatic heterocycles. The van der Waals surface area contributed by atoms with Crippen molar-refractivity contribution in [3.63, 3.8) is 0 Å². The summed E-state index contributed by atoms with van der Waals surface area (Å²) < 4.78 is 46.2. The maximum atomic E-state index is 13.5. The third-order valence-electron chi connectivity index (χ3n) is 4.44. The van der Waals surface area contributed by atoms with Crippen LogP contribution in [0.25, 0.3) is 0 Å². The van der Waals surface area contributed by atoms with Crippen molar-refractivity contribution < 1.29 is 27.4 Å². The van der Waals surface area contributed by atoms with E-state index in [4.69, 9.17) is 9.84 Å². The molecule has 0 amide bonds. The molecular formula is C18H20FN3O5S. The van der Waals surface area contributed by atoms with Crippen molar-refractivity contribution in [1.29, 1.82) is 0 Å². The third kappa shape index (κ3) is 4.28. The molecule has 2 heterocycles. The second kappa shape index (κ2) is 7.80. The fraction of sp³-hybridized carbons (Fsp3) is 0.389. The van der Waals surface area contributed by atoms with E-state index in [1.54, 1.807) is 13.0 Å². The molecule has 0 spiro atoms. The molecule has 8 nitrogen and oxygen atoms in total. The summed E-state index contributed by atoms with van der Waals surface area (Å²) in [6.45, 7) is 4.01. The van der Waals surface area contributed by atoms with E-state index in [0.29, 0.717) is 24.5 Å². The van der Waals surface area contributed by atoms with Gasteiger partial charge in [-0.2, -0.15) is 9.29 Å². The molecule has 0 radical (unpaired) electrons. The number of nitrogens with zero attached hydrogens (tertiary/aromatic N) is 3. The number of sulfonamides is 1. The Hall–Kier alpha value is -2.59. The van der Waals surface area contributed by atoms with Crippen LogP contribution >= 0.6 is 0 Å². The van der Waals surface area contributed by atoms with Crippen LogP contribution in [0.2, 0.25) is 0 Å². The lowest BCUT2D eigenvalue weighted by atomic mass is 10.1. The second-order valence-corrected chi connectivity index (χ2v) is 8.50. The molecule has 0 unspecified atom stereocenters. The molecular weight excluding hydrogens is 389 g/mol. The third-order valence-corrected chi connectivity index (χ3v) is 6.33. The molecule has 1 aromatic carbocycles. The van der Waals surface area contributed by atoms with E-state index in [-0.39, 0.29) is 24.1 Å². The van der Waals surface area contributed by atoms with Gasteiger partial charge in [-0.3, -0.25) is 0 Å². The van der Waals surface area contributed by atoms with Gasteiger partial charge >= 0.3 is 5.97 Å². The smallest absolute Gasteiger partial charge is 0.338 e. The molecule has 1 saturated heterocycles. The topological polar surface area (TPSA) is 110 Å². The van der Waals surface area contributed by atoms with Crippen LogP contribution in [0.1, 0.15) is 34.7 Å². The molecule has 0 saturated carbocycles. The highest BCUT2D eigenvalue weighted by Gasteiger charge is 2.31. The number of carbonyl (C=O) groups is 1. The van der Waals surface area contributed by atoms with E-state index in [1.165, 1.54) is 4.31 Å². The number of hydrogen-bond acceptors (Lipinski definition) is 6. The minimum absolute atomic E-state index is 0.192. The van der Waals surface area contributed by atoms with E-state index < -0.39 is 27.4 Å². The number of aryl methyl sites for hydroxylation is 2. The van der Waals surface area contributed by atoms with Crippen LogP contribution in [0.15, 0.2) is 29.2 Å². The highest BCUT2D eigenvalue weighted by molar-refractivity contribution is 7.89. The van der Waals surface area contributed by atoms with Gasteiger partial charge < -0.3 is 9.84 Å². The van der Waals surface area contributed by atoms with Gasteiger partial charge in [-0.15, -0.1) is 0 Å². The fourth-order valence-electron chi connectivity index (χ4n) is 3.08. The van der Waals surface area contributed by atoms with Gasteiger partial charge in [0.05, 0.1) is 10.5 Å². The van der Waals surface area contributed by atoms with Crippen LogP contribution in [-0.2, 0) is 10.0 Å². The van der Waals surface area contributed by atoms with Crippen LogP contribution in [0.3, 0.4) is 0 Å². The Labute approximate surface area is 162 Å². The van der Waals surface area contributed by atoms with Crippen molar-refractivity contribution in [3.8, 4) is 5.88 Å². The molecule has 3 rings (SSSR count). The average Bonchev–Trinajstić information content (AvgIpc) is 2.61. The van der Waals surface area contributed by atoms with Gasteiger partial charge in [-0.05, 0) is 44.9 Å². The number of rotatable bonds is 5. The van der Waals surface area contributed by atoms with Crippen LogP contribution in [0, 0.1) is 19.7 Å². The molecule has 1 fully saturated rings. The van der Waals surface area contributed by atoms with Crippen molar-refractivity contribution in [2.45, 2.75) is 37.7 Å². The first-order valence-electron chi connectivity index (χ1n) is 8.69. The van der Waals surface area contributed by atoms with Crippen LogP contribution in [0.5, 0.6) is 5.88 Å². The summed E-state index contributed by atoms with van der Waals surface area (Å²) in [5.41, 5.74) is 0.113. The molecule has 28 heavy (non-hydrogen) atoms. The molecule has 2 aromatic rings. The first kappa shape index (κ1) is 20.2. The highest BCUT2D eigenvalue weighted by atomic mass is 32.2. The largest absolute Gasteiger partial charge is 0.478 e. The minimum atomic E-state index is -3.92. The number of piperidine rings is 1. The van der Waals surface area contributed by atoms with Gasteiger partial charge in [0.2, 0.25) is 15.9 Å². The number of carboxylic acid groups (broad SMARTS) is 1. The first-order chi connectivity index (χ1) is 13.2. The normalized spacial score (nSPS) is 16.1. The van der Waals surface area contributed by atoms with Crippen LogP contribution in [0.4, 0.5) is 4.39 Å². The Morgan fingerprint density at radius 2 is 1.89 bits per heavy atom. The summed E-state index contributed by atoms with van der Waals surface area (Å²) >= 11 is 0. The summed E-state index contributed by atoms with van der Waals surface area (Å²) in [6.07, 6.45) is 0.714. The molecule has 0 aliphatic carbocycles. The number of carboxylic acids is 1. The number of benzene rings is 1. The van der Waals surface area contributed by atoms with E-state index in [2.05, 4.69) is 9.97 Å². The molecule has 10 heteroatoms. The Balaban J connectivity index is 1.70. The molecule has 0 bridgehead atoms. The summed E-state index contributed by atoms with van der Waals surface area (Å²) in [5.74, 6) is -1.44. The maximum Gasteiger partial charge on any atom is 0.338 e. The van der Waals surface area contributed by atoms with Crippen LogP contribution < -0.4 is 4.74 Å². The lowest BCUT2D eigenvalue weighted by Crippen LogP contribution is -2.41. The zero-order valence-electron chi connectivity index (χ0n) is 15.4. The SMILES string of the molecule is Cc1cc(OC2CCN(S(=O)(=O)c3ccc(F)c(C(=O)O)c3)CC2)nc(C)n1. The first-order valence-corrected chi connectivity index (χ1v) is 10.1. The van der Waals surface area contributed by atoms with Gasteiger partial charge in [0.25, 0.3) is 0 Å². The summed E-state index contributed by atoms with van der Waals surface area (Å²) in [7, 11) is -3.92. The predicted molar refractivity (Wildman–Crippen MR) is 97.3 cm³/mol. The molecule has 0 atom stereocenters. The Bertz CT molecular complexity index is 984. The van der Waals surface area contributed by atoms with Crippen molar-refractivity contribution in [2.75, 3.05) is 13.1 Å². The van der Waals surface area contributed by atoms with Gasteiger partial charge in [0, 0.05) is 24.8 Å². The fourth-order valence-corrected chi connectivity index (χ4v) is 4.58. The summed E-state index contributed by atoms with van der Waals surface area (Å²) in [6, 6.07) is 4.50. The molecule has 150 valence electrons. The van der Waals surface area contributed by atoms with Crippen molar-refractivity contribution in [3.05, 3.63) is 47.2 Å². The lowest BCUT2D eigenvalue weighted by molar-refractivity contribution is 0.0691. The monoisotopic (exact) mass is 409 g/mol.